The highest BCUT2D eigenvalue weighted by Gasteiger charge is 2.48. The first kappa shape index (κ1) is 21.3. The molecule has 2 aromatic carbocycles. The van der Waals surface area contributed by atoms with Gasteiger partial charge in [-0.05, 0) is 60.4 Å². The van der Waals surface area contributed by atoms with Gasteiger partial charge in [-0.1, -0.05) is 73.5 Å². The van der Waals surface area contributed by atoms with E-state index in [-0.39, 0.29) is 5.41 Å². The second kappa shape index (κ2) is 8.67. The van der Waals surface area contributed by atoms with Gasteiger partial charge in [-0.3, -0.25) is 0 Å². The zero-order chi connectivity index (χ0) is 21.3. The summed E-state index contributed by atoms with van der Waals surface area (Å²) in [5.41, 5.74) is 7.07. The predicted molar refractivity (Wildman–Crippen MR) is 132 cm³/mol. The van der Waals surface area contributed by atoms with Crippen molar-refractivity contribution in [2.75, 3.05) is 0 Å². The van der Waals surface area contributed by atoms with Crippen molar-refractivity contribution in [1.82, 2.24) is 0 Å². The van der Waals surface area contributed by atoms with Crippen molar-refractivity contribution in [2.24, 2.45) is 0 Å². The third-order valence-corrected chi connectivity index (χ3v) is 7.27. The Morgan fingerprint density at radius 3 is 2.47 bits per heavy atom. The summed E-state index contributed by atoms with van der Waals surface area (Å²) >= 11 is 3.74. The van der Waals surface area contributed by atoms with E-state index in [1.165, 1.54) is 51.6 Å². The van der Waals surface area contributed by atoms with Crippen molar-refractivity contribution in [3.05, 3.63) is 76.4 Å². The first-order valence-electron chi connectivity index (χ1n) is 11.5. The minimum absolute atomic E-state index is 0.151. The van der Waals surface area contributed by atoms with Crippen LogP contribution in [0.2, 0.25) is 0 Å². The Hall–Kier alpha value is -1.93. The third kappa shape index (κ3) is 3.87. The molecule has 1 aliphatic carbocycles. The normalized spacial score (nSPS) is 18.2. The highest BCUT2D eigenvalue weighted by Crippen LogP contribution is 2.57. The SMILES string of the molecule is C=C1CC1(CC)c1ccc(Br)cc1-c1cc2cc(CCCC)ccc2c[n+]1CCC. The van der Waals surface area contributed by atoms with Crippen molar-refractivity contribution < 1.29 is 4.57 Å². The lowest BCUT2D eigenvalue weighted by molar-refractivity contribution is -0.685. The van der Waals surface area contributed by atoms with Crippen LogP contribution in [0.5, 0.6) is 0 Å². The number of unbranched alkanes of at least 4 members (excludes halogenated alkanes) is 1. The van der Waals surface area contributed by atoms with Gasteiger partial charge in [0.1, 0.15) is 6.54 Å². The molecule has 0 radical (unpaired) electrons. The number of fused-ring (bicyclic) bond motifs is 1. The number of allylic oxidation sites excluding steroid dienone is 1. The molecule has 0 saturated heterocycles. The summed E-state index contributed by atoms with van der Waals surface area (Å²) in [6, 6.07) is 16.2. The molecule has 0 amide bonds. The molecule has 0 bridgehead atoms. The molecular weight excluding hydrogens is 430 g/mol. The van der Waals surface area contributed by atoms with E-state index in [2.05, 4.69) is 96.5 Å². The molecular formula is C28H33BrN+. The number of nitrogens with zero attached hydrogens (tertiary/aromatic N) is 1. The fourth-order valence-electron chi connectivity index (χ4n) is 4.85. The molecule has 1 atom stereocenters. The molecule has 1 saturated carbocycles. The number of benzene rings is 2. The number of aromatic nitrogens is 1. The number of hydrogen-bond donors (Lipinski definition) is 0. The molecule has 0 aliphatic heterocycles. The molecule has 1 fully saturated rings. The Balaban J connectivity index is 1.92. The minimum Gasteiger partial charge on any atom is -0.198 e. The van der Waals surface area contributed by atoms with Gasteiger partial charge < -0.3 is 0 Å². The van der Waals surface area contributed by atoms with Crippen LogP contribution in [0.1, 0.15) is 64.0 Å². The number of pyridine rings is 1. The Morgan fingerprint density at radius 1 is 1.00 bits per heavy atom. The zero-order valence-electron chi connectivity index (χ0n) is 18.6. The standard InChI is InChI=1S/C28H33BrN/c1-5-8-9-21-10-11-22-19-30(14-6-2)27(16-23(22)15-21)25-17-24(29)12-13-26(25)28(7-3)18-20(28)4/h10-13,15-17,19H,4-9,14,18H2,1-3H3/q+1. The van der Waals surface area contributed by atoms with Crippen LogP contribution in [-0.2, 0) is 18.4 Å². The smallest absolute Gasteiger partial charge is 0.198 e. The highest BCUT2D eigenvalue weighted by atomic mass is 79.9. The molecule has 0 spiro atoms. The highest BCUT2D eigenvalue weighted by molar-refractivity contribution is 9.10. The number of rotatable bonds is 8. The lowest BCUT2D eigenvalue weighted by Gasteiger charge is -2.18. The summed E-state index contributed by atoms with van der Waals surface area (Å²) in [5.74, 6) is 0. The third-order valence-electron chi connectivity index (χ3n) is 6.77. The van der Waals surface area contributed by atoms with Crippen LogP contribution in [0.3, 0.4) is 0 Å². The van der Waals surface area contributed by atoms with Gasteiger partial charge in [0, 0.05) is 27.8 Å². The van der Waals surface area contributed by atoms with Crippen molar-refractivity contribution in [2.45, 2.75) is 71.3 Å². The molecule has 3 aromatic rings. The van der Waals surface area contributed by atoms with Crippen LogP contribution in [0.25, 0.3) is 22.0 Å². The topological polar surface area (TPSA) is 3.88 Å². The molecule has 1 heterocycles. The van der Waals surface area contributed by atoms with Gasteiger partial charge in [0.15, 0.2) is 6.20 Å². The number of aryl methyl sites for hydroxylation is 2. The summed E-state index contributed by atoms with van der Waals surface area (Å²) in [7, 11) is 0. The maximum atomic E-state index is 4.35. The van der Waals surface area contributed by atoms with Gasteiger partial charge in [0.2, 0.25) is 5.69 Å². The maximum absolute atomic E-state index is 4.35. The van der Waals surface area contributed by atoms with E-state index in [1.54, 1.807) is 0 Å². The van der Waals surface area contributed by atoms with E-state index in [9.17, 15) is 0 Å². The van der Waals surface area contributed by atoms with E-state index in [0.29, 0.717) is 0 Å². The van der Waals surface area contributed by atoms with E-state index in [4.69, 9.17) is 0 Å². The second-order valence-corrected chi connectivity index (χ2v) is 9.74. The average molecular weight is 463 g/mol. The molecule has 30 heavy (non-hydrogen) atoms. The monoisotopic (exact) mass is 462 g/mol. The van der Waals surface area contributed by atoms with Gasteiger partial charge in [-0.2, -0.15) is 4.57 Å². The Kier molecular flexibility index (Phi) is 6.16. The van der Waals surface area contributed by atoms with Gasteiger partial charge in [0.25, 0.3) is 0 Å². The fraction of sp³-hybridized carbons (Fsp3) is 0.393. The summed E-state index contributed by atoms with van der Waals surface area (Å²) in [5, 5.41) is 2.67. The van der Waals surface area contributed by atoms with Gasteiger partial charge in [0.05, 0.1) is 5.56 Å². The van der Waals surface area contributed by atoms with Crippen LogP contribution in [0.4, 0.5) is 0 Å². The molecule has 2 heteroatoms. The van der Waals surface area contributed by atoms with E-state index < -0.39 is 0 Å². The molecule has 1 aliphatic rings. The van der Waals surface area contributed by atoms with Crippen LogP contribution >= 0.6 is 15.9 Å². The molecule has 0 N–H and O–H groups in total. The zero-order valence-corrected chi connectivity index (χ0v) is 20.2. The van der Waals surface area contributed by atoms with Crippen molar-refractivity contribution in [3.8, 4) is 11.3 Å². The molecule has 1 aromatic heterocycles. The van der Waals surface area contributed by atoms with Crippen LogP contribution in [-0.4, -0.2) is 0 Å². The Labute approximate surface area is 190 Å². The lowest BCUT2D eigenvalue weighted by atomic mass is 9.86. The molecule has 156 valence electrons. The van der Waals surface area contributed by atoms with Crippen molar-refractivity contribution >= 4 is 26.7 Å². The predicted octanol–water partition coefficient (Wildman–Crippen LogP) is 7.92. The maximum Gasteiger partial charge on any atom is 0.213 e. The summed E-state index contributed by atoms with van der Waals surface area (Å²) in [6.07, 6.45) is 9.34. The summed E-state index contributed by atoms with van der Waals surface area (Å²) in [6.45, 7) is 12.2. The molecule has 4 rings (SSSR count). The Morgan fingerprint density at radius 2 is 1.80 bits per heavy atom. The van der Waals surface area contributed by atoms with E-state index in [1.807, 2.05) is 0 Å². The summed E-state index contributed by atoms with van der Waals surface area (Å²) in [4.78, 5) is 0. The summed E-state index contributed by atoms with van der Waals surface area (Å²) < 4.78 is 3.59. The Bertz CT molecular complexity index is 1100. The lowest BCUT2D eigenvalue weighted by Crippen LogP contribution is -2.36. The van der Waals surface area contributed by atoms with Crippen molar-refractivity contribution in [1.29, 1.82) is 0 Å². The first-order valence-corrected chi connectivity index (χ1v) is 12.3. The van der Waals surface area contributed by atoms with Gasteiger partial charge in [-0.25, -0.2) is 0 Å². The fourth-order valence-corrected chi connectivity index (χ4v) is 5.21. The van der Waals surface area contributed by atoms with Gasteiger partial charge >= 0.3 is 0 Å². The first-order chi connectivity index (χ1) is 14.5. The van der Waals surface area contributed by atoms with Gasteiger partial charge in [-0.15, -0.1) is 0 Å². The quantitative estimate of drug-likeness (QED) is 0.236. The largest absolute Gasteiger partial charge is 0.213 e. The van der Waals surface area contributed by atoms with Crippen LogP contribution in [0.15, 0.2) is 65.3 Å². The molecule has 1 nitrogen and oxygen atoms in total. The van der Waals surface area contributed by atoms with E-state index >= 15 is 0 Å². The minimum atomic E-state index is 0.151. The second-order valence-electron chi connectivity index (χ2n) is 8.82. The van der Waals surface area contributed by atoms with Crippen LogP contribution < -0.4 is 4.57 Å². The van der Waals surface area contributed by atoms with Crippen molar-refractivity contribution in [3.63, 3.8) is 0 Å². The number of halogens is 1. The van der Waals surface area contributed by atoms with E-state index in [0.717, 1.165) is 36.7 Å². The molecule has 1 unspecified atom stereocenters. The average Bonchev–Trinajstić information content (AvgIpc) is 3.42. The number of hydrogen-bond acceptors (Lipinski definition) is 0. The van der Waals surface area contributed by atoms with Crippen LogP contribution in [0, 0.1) is 0 Å².